The number of alkyl halides is 3. The number of ether oxygens (including phenoxy) is 2. The molecule has 1 aliphatic rings. The molecule has 1 amide bonds. The lowest BCUT2D eigenvalue weighted by atomic mass is 9.75. The zero-order chi connectivity index (χ0) is 22.8. The number of anilines is 1. The van der Waals surface area contributed by atoms with E-state index in [1.807, 2.05) is 18.2 Å². The van der Waals surface area contributed by atoms with Gasteiger partial charge in [-0.25, -0.2) is 9.78 Å². The molecular formula is C21H28Cl3N3O3S. The Balaban J connectivity index is 1.70. The Morgan fingerprint density at radius 2 is 2.03 bits per heavy atom. The molecule has 0 aliphatic heterocycles. The highest BCUT2D eigenvalue weighted by Gasteiger charge is 2.38. The van der Waals surface area contributed by atoms with Crippen LogP contribution in [0.1, 0.15) is 40.0 Å². The Bertz CT molecular complexity index is 903. The van der Waals surface area contributed by atoms with Crippen LogP contribution in [0, 0.1) is 17.8 Å². The van der Waals surface area contributed by atoms with Crippen molar-refractivity contribution in [2.75, 3.05) is 12.4 Å². The molecule has 6 nitrogen and oxygen atoms in total. The van der Waals surface area contributed by atoms with Gasteiger partial charge in [0.15, 0.2) is 11.3 Å². The molecule has 0 bridgehead atoms. The van der Waals surface area contributed by atoms with Gasteiger partial charge in [-0.3, -0.25) is 5.32 Å². The number of carbonyl (C=O) groups excluding carboxylic acids is 1. The minimum atomic E-state index is -1.81. The number of amides is 1. The molecule has 1 heterocycles. The first-order valence-electron chi connectivity index (χ1n) is 10.3. The zero-order valence-electron chi connectivity index (χ0n) is 18.0. The van der Waals surface area contributed by atoms with E-state index < -0.39 is 16.1 Å². The second kappa shape index (κ2) is 10.2. The van der Waals surface area contributed by atoms with Gasteiger partial charge in [0.2, 0.25) is 3.79 Å². The van der Waals surface area contributed by atoms with Crippen LogP contribution in [-0.4, -0.2) is 34.2 Å². The van der Waals surface area contributed by atoms with Crippen LogP contribution in [0.25, 0.3) is 10.2 Å². The Hall–Kier alpha value is -1.15. The molecule has 1 aromatic carbocycles. The molecule has 4 atom stereocenters. The lowest BCUT2D eigenvalue weighted by molar-refractivity contribution is 0.00534. The van der Waals surface area contributed by atoms with Crippen LogP contribution >= 0.6 is 46.1 Å². The average Bonchev–Trinajstić information content (AvgIpc) is 3.08. The van der Waals surface area contributed by atoms with Gasteiger partial charge in [0.25, 0.3) is 0 Å². The number of halogens is 3. The summed E-state index contributed by atoms with van der Waals surface area (Å²) in [6.45, 7) is 6.49. The summed E-state index contributed by atoms with van der Waals surface area (Å²) < 4.78 is 10.1. The lowest BCUT2D eigenvalue weighted by Gasteiger charge is -2.37. The van der Waals surface area contributed by atoms with E-state index >= 15 is 0 Å². The van der Waals surface area contributed by atoms with Crippen LogP contribution < -0.4 is 15.4 Å². The van der Waals surface area contributed by atoms with Crippen LogP contribution in [0.4, 0.5) is 9.93 Å². The Labute approximate surface area is 201 Å². The van der Waals surface area contributed by atoms with Crippen LogP contribution in [-0.2, 0) is 4.74 Å². The van der Waals surface area contributed by atoms with Crippen molar-refractivity contribution in [2.24, 2.45) is 17.8 Å². The lowest BCUT2D eigenvalue weighted by Crippen LogP contribution is -2.50. The van der Waals surface area contributed by atoms with Crippen molar-refractivity contribution in [1.82, 2.24) is 10.3 Å². The molecule has 0 unspecified atom stereocenters. The van der Waals surface area contributed by atoms with Gasteiger partial charge in [0, 0.05) is 0 Å². The maximum absolute atomic E-state index is 12.7. The first kappa shape index (κ1) is 24.5. The summed E-state index contributed by atoms with van der Waals surface area (Å²) in [5.74, 6) is 1.98. The van der Waals surface area contributed by atoms with Gasteiger partial charge < -0.3 is 14.8 Å². The highest BCUT2D eigenvalue weighted by molar-refractivity contribution is 7.22. The first-order chi connectivity index (χ1) is 14.6. The molecule has 0 radical (unpaired) electrons. The van der Waals surface area contributed by atoms with Gasteiger partial charge in [-0.2, -0.15) is 0 Å². The van der Waals surface area contributed by atoms with Gasteiger partial charge in [0.05, 0.1) is 17.3 Å². The normalized spacial score (nSPS) is 22.9. The molecular weight excluding hydrogens is 481 g/mol. The number of hydrogen-bond donors (Lipinski definition) is 2. The molecule has 1 saturated carbocycles. The SMILES string of the molecule is COc1ccc2nc(N[C@@H](NC(=O)O[C@@H]3C[C@@H](C)CC[C@H]3C(C)C)C(Cl)(Cl)Cl)sc2c1. The van der Waals surface area contributed by atoms with Crippen molar-refractivity contribution < 1.29 is 14.3 Å². The standard InChI is InChI=1S/C21H28Cl3N3O3S/c1-11(2)14-7-5-12(3)9-16(14)30-20(28)27-18(21(22,23)24)26-19-25-15-8-6-13(29-4)10-17(15)31-19/h6,8,10-12,14,16,18H,5,7,9H2,1-4H3,(H,25,26)(H,27,28)/t12-,14-,16+,18-/m0/s1. The predicted octanol–water partition coefficient (Wildman–Crippen LogP) is 6.60. The predicted molar refractivity (Wildman–Crippen MR) is 129 cm³/mol. The molecule has 31 heavy (non-hydrogen) atoms. The summed E-state index contributed by atoms with van der Waals surface area (Å²) in [7, 11) is 1.60. The van der Waals surface area contributed by atoms with Crippen molar-refractivity contribution in [1.29, 1.82) is 0 Å². The van der Waals surface area contributed by atoms with Gasteiger partial charge in [0.1, 0.15) is 11.9 Å². The van der Waals surface area contributed by atoms with E-state index in [1.165, 1.54) is 11.3 Å². The highest BCUT2D eigenvalue weighted by atomic mass is 35.6. The van der Waals surface area contributed by atoms with Gasteiger partial charge in [-0.15, -0.1) is 0 Å². The monoisotopic (exact) mass is 507 g/mol. The molecule has 1 aromatic heterocycles. The van der Waals surface area contributed by atoms with Crippen LogP contribution in [0.3, 0.4) is 0 Å². The fourth-order valence-electron chi connectivity index (χ4n) is 3.96. The van der Waals surface area contributed by atoms with Crippen molar-refractivity contribution in [2.45, 2.75) is 56.1 Å². The van der Waals surface area contributed by atoms with E-state index in [2.05, 4.69) is 36.4 Å². The quantitative estimate of drug-likeness (QED) is 0.340. The van der Waals surface area contributed by atoms with Crippen molar-refractivity contribution in [3.8, 4) is 5.75 Å². The highest BCUT2D eigenvalue weighted by Crippen LogP contribution is 2.37. The maximum Gasteiger partial charge on any atom is 0.409 e. The number of fused-ring (bicyclic) bond motifs is 1. The summed E-state index contributed by atoms with van der Waals surface area (Å²) in [4.78, 5) is 17.2. The number of nitrogens with zero attached hydrogens (tertiary/aromatic N) is 1. The van der Waals surface area contributed by atoms with Gasteiger partial charge in [-0.1, -0.05) is 73.3 Å². The Kier molecular flexibility index (Phi) is 8.05. The number of benzene rings is 1. The molecule has 2 N–H and O–H groups in total. The van der Waals surface area contributed by atoms with Crippen LogP contribution in [0.2, 0.25) is 0 Å². The first-order valence-corrected chi connectivity index (χ1v) is 12.3. The summed E-state index contributed by atoms with van der Waals surface area (Å²) in [5, 5.41) is 6.19. The largest absolute Gasteiger partial charge is 0.497 e. The minimum Gasteiger partial charge on any atom is -0.497 e. The number of aromatic nitrogens is 1. The zero-order valence-corrected chi connectivity index (χ0v) is 21.0. The number of hydrogen-bond acceptors (Lipinski definition) is 6. The van der Waals surface area contributed by atoms with Gasteiger partial charge in [-0.05, 0) is 48.8 Å². The average molecular weight is 509 g/mol. The summed E-state index contributed by atoms with van der Waals surface area (Å²) in [6, 6.07) is 5.54. The van der Waals surface area contributed by atoms with E-state index in [0.717, 1.165) is 35.2 Å². The summed E-state index contributed by atoms with van der Waals surface area (Å²) >= 11 is 19.8. The molecule has 0 spiro atoms. The van der Waals surface area contributed by atoms with E-state index in [9.17, 15) is 4.79 Å². The van der Waals surface area contributed by atoms with E-state index in [0.29, 0.717) is 22.9 Å². The number of methoxy groups -OCH3 is 1. The van der Waals surface area contributed by atoms with Crippen LogP contribution in [0.5, 0.6) is 5.75 Å². The van der Waals surface area contributed by atoms with E-state index in [4.69, 9.17) is 44.3 Å². The molecule has 10 heteroatoms. The van der Waals surface area contributed by atoms with E-state index in [1.54, 1.807) is 7.11 Å². The van der Waals surface area contributed by atoms with E-state index in [-0.39, 0.29) is 6.10 Å². The second-order valence-electron chi connectivity index (χ2n) is 8.39. The number of thiazole rings is 1. The third-order valence-electron chi connectivity index (χ3n) is 5.67. The molecule has 172 valence electrons. The number of nitrogens with one attached hydrogen (secondary N) is 2. The van der Waals surface area contributed by atoms with Crippen LogP contribution in [0.15, 0.2) is 18.2 Å². The smallest absolute Gasteiger partial charge is 0.409 e. The van der Waals surface area contributed by atoms with Gasteiger partial charge >= 0.3 is 6.09 Å². The molecule has 0 saturated heterocycles. The third kappa shape index (κ3) is 6.44. The third-order valence-corrected chi connectivity index (χ3v) is 7.28. The fraction of sp³-hybridized carbons (Fsp3) is 0.619. The number of carbonyl (C=O) groups is 1. The molecule has 2 aromatic rings. The molecule has 1 aliphatic carbocycles. The number of rotatable bonds is 6. The second-order valence-corrected chi connectivity index (χ2v) is 11.8. The molecule has 3 rings (SSSR count). The number of alkyl carbamates (subject to hydrolysis) is 1. The van der Waals surface area contributed by atoms with Crippen molar-refractivity contribution >= 4 is 67.6 Å². The van der Waals surface area contributed by atoms with Crippen molar-refractivity contribution in [3.63, 3.8) is 0 Å². The Morgan fingerprint density at radius 1 is 1.29 bits per heavy atom. The Morgan fingerprint density at radius 3 is 2.68 bits per heavy atom. The maximum atomic E-state index is 12.7. The topological polar surface area (TPSA) is 72.5 Å². The summed E-state index contributed by atoms with van der Waals surface area (Å²) in [5.41, 5.74) is 0.773. The minimum absolute atomic E-state index is 0.158. The molecule has 1 fully saturated rings. The summed E-state index contributed by atoms with van der Waals surface area (Å²) in [6.07, 6.45) is 1.22. The van der Waals surface area contributed by atoms with Crippen molar-refractivity contribution in [3.05, 3.63) is 18.2 Å². The fourth-order valence-corrected chi connectivity index (χ4v) is 5.21.